The summed E-state index contributed by atoms with van der Waals surface area (Å²) >= 11 is 0. The summed E-state index contributed by atoms with van der Waals surface area (Å²) in [7, 11) is 0. The van der Waals surface area contributed by atoms with Crippen LogP contribution < -0.4 is 15.0 Å². The van der Waals surface area contributed by atoms with E-state index in [0.717, 1.165) is 37.2 Å². The molecule has 0 aromatic carbocycles. The largest absolute Gasteiger partial charge is 0.467 e. The maximum Gasteiger partial charge on any atom is 0.258 e. The molecule has 0 bridgehead atoms. The number of hydrogen-bond acceptors (Lipinski definition) is 5. The lowest BCUT2D eigenvalue weighted by Gasteiger charge is -2.27. The molecule has 1 aromatic rings. The Bertz CT molecular complexity index is 528. The van der Waals surface area contributed by atoms with E-state index in [2.05, 4.69) is 27.1 Å². The van der Waals surface area contributed by atoms with Gasteiger partial charge in [-0.3, -0.25) is 4.79 Å². The van der Waals surface area contributed by atoms with Crippen molar-refractivity contribution >= 4 is 11.9 Å². The minimum absolute atomic E-state index is 0.000444. The highest BCUT2D eigenvalue weighted by atomic mass is 16.5. The lowest BCUT2D eigenvalue weighted by Crippen LogP contribution is -2.32. The average Bonchev–Trinajstić information content (AvgIpc) is 2.57. The van der Waals surface area contributed by atoms with Gasteiger partial charge in [-0.25, -0.2) is 4.98 Å². The fourth-order valence-corrected chi connectivity index (χ4v) is 2.55. The van der Waals surface area contributed by atoms with Crippen LogP contribution in [0.2, 0.25) is 0 Å². The standard InChI is InChI=1S/C17H28N4O2/c1-4-5-9-18-15(22)12-23-16-13(2)14(3)19-17(20-16)21-10-7-6-8-11-21/h4-12H2,1-3H3,(H,18,22). The fraction of sp³-hybridized carbons (Fsp3) is 0.706. The number of piperidine rings is 1. The SMILES string of the molecule is CCCCNC(=O)COc1nc(N2CCCCC2)nc(C)c1C. The van der Waals surface area contributed by atoms with Crippen molar-refractivity contribution < 1.29 is 9.53 Å². The summed E-state index contributed by atoms with van der Waals surface area (Å²) in [5.41, 5.74) is 1.80. The summed E-state index contributed by atoms with van der Waals surface area (Å²) in [6, 6.07) is 0. The number of rotatable bonds is 7. The van der Waals surface area contributed by atoms with E-state index in [-0.39, 0.29) is 12.5 Å². The number of anilines is 1. The minimum atomic E-state index is -0.103. The third kappa shape index (κ3) is 5.08. The summed E-state index contributed by atoms with van der Waals surface area (Å²) in [5, 5.41) is 2.85. The molecule has 2 heterocycles. The van der Waals surface area contributed by atoms with E-state index in [1.165, 1.54) is 19.3 Å². The van der Waals surface area contributed by atoms with Crippen molar-refractivity contribution in [1.82, 2.24) is 15.3 Å². The molecule has 0 aliphatic carbocycles. The summed E-state index contributed by atoms with van der Waals surface area (Å²) in [4.78, 5) is 23.1. The summed E-state index contributed by atoms with van der Waals surface area (Å²) in [6.45, 7) is 8.65. The van der Waals surface area contributed by atoms with Gasteiger partial charge >= 0.3 is 0 Å². The monoisotopic (exact) mass is 320 g/mol. The zero-order valence-corrected chi connectivity index (χ0v) is 14.5. The summed E-state index contributed by atoms with van der Waals surface area (Å²) in [6.07, 6.45) is 5.66. The molecule has 1 N–H and O–H groups in total. The van der Waals surface area contributed by atoms with Gasteiger partial charge < -0.3 is 15.0 Å². The second kappa shape index (κ2) is 8.70. The first-order valence-electron chi connectivity index (χ1n) is 8.61. The predicted molar refractivity (Wildman–Crippen MR) is 91.0 cm³/mol. The zero-order chi connectivity index (χ0) is 16.7. The van der Waals surface area contributed by atoms with Gasteiger partial charge in [0.15, 0.2) is 6.61 Å². The Morgan fingerprint density at radius 1 is 1.22 bits per heavy atom. The number of nitrogens with zero attached hydrogens (tertiary/aromatic N) is 3. The molecular formula is C17H28N4O2. The van der Waals surface area contributed by atoms with E-state index in [1.807, 2.05) is 13.8 Å². The number of unbranched alkanes of at least 4 members (excludes halogenated alkanes) is 1. The van der Waals surface area contributed by atoms with Crippen LogP contribution in [0.15, 0.2) is 0 Å². The van der Waals surface area contributed by atoms with Crippen molar-refractivity contribution in [2.45, 2.75) is 52.9 Å². The highest BCUT2D eigenvalue weighted by molar-refractivity contribution is 5.77. The molecule has 0 spiro atoms. The van der Waals surface area contributed by atoms with Gasteiger partial charge in [-0.2, -0.15) is 4.98 Å². The van der Waals surface area contributed by atoms with Crippen molar-refractivity contribution in [3.05, 3.63) is 11.3 Å². The molecule has 23 heavy (non-hydrogen) atoms. The Morgan fingerprint density at radius 3 is 2.65 bits per heavy atom. The molecule has 1 fully saturated rings. The lowest BCUT2D eigenvalue weighted by molar-refractivity contribution is -0.123. The molecule has 1 amide bonds. The maximum absolute atomic E-state index is 11.8. The van der Waals surface area contributed by atoms with Crippen LogP contribution in [0.3, 0.4) is 0 Å². The van der Waals surface area contributed by atoms with Crippen molar-refractivity contribution in [3.8, 4) is 5.88 Å². The van der Waals surface area contributed by atoms with Crippen LogP contribution >= 0.6 is 0 Å². The number of ether oxygens (including phenoxy) is 1. The maximum atomic E-state index is 11.8. The van der Waals surface area contributed by atoms with Crippen molar-refractivity contribution in [2.75, 3.05) is 31.1 Å². The van der Waals surface area contributed by atoms with Crippen LogP contribution in [-0.4, -0.2) is 42.1 Å². The molecule has 1 aliphatic rings. The molecule has 1 aromatic heterocycles. The molecule has 6 nitrogen and oxygen atoms in total. The van der Waals surface area contributed by atoms with Gasteiger partial charge in [0.2, 0.25) is 11.8 Å². The zero-order valence-electron chi connectivity index (χ0n) is 14.5. The second-order valence-corrected chi connectivity index (χ2v) is 6.08. The van der Waals surface area contributed by atoms with Crippen molar-refractivity contribution in [3.63, 3.8) is 0 Å². The normalized spacial score (nSPS) is 14.7. The summed E-state index contributed by atoms with van der Waals surface area (Å²) in [5.74, 6) is 1.13. The highest BCUT2D eigenvalue weighted by Gasteiger charge is 2.17. The molecule has 0 saturated carbocycles. The topological polar surface area (TPSA) is 67.3 Å². The molecule has 0 unspecified atom stereocenters. The van der Waals surface area contributed by atoms with Gasteiger partial charge in [-0.15, -0.1) is 0 Å². The Hall–Kier alpha value is -1.85. The van der Waals surface area contributed by atoms with E-state index >= 15 is 0 Å². The van der Waals surface area contributed by atoms with Crippen molar-refractivity contribution in [1.29, 1.82) is 0 Å². The number of hydrogen-bond donors (Lipinski definition) is 1. The molecule has 2 rings (SSSR count). The van der Waals surface area contributed by atoms with Crippen LogP contribution in [0, 0.1) is 13.8 Å². The van der Waals surface area contributed by atoms with Gasteiger partial charge in [0.25, 0.3) is 5.91 Å². The van der Waals surface area contributed by atoms with E-state index in [4.69, 9.17) is 4.74 Å². The molecule has 1 saturated heterocycles. The van der Waals surface area contributed by atoms with Crippen LogP contribution in [0.25, 0.3) is 0 Å². The first kappa shape index (κ1) is 17.5. The molecule has 0 radical (unpaired) electrons. The van der Waals surface area contributed by atoms with E-state index < -0.39 is 0 Å². The quantitative estimate of drug-likeness (QED) is 0.781. The third-order valence-corrected chi connectivity index (χ3v) is 4.16. The van der Waals surface area contributed by atoms with Crippen LogP contribution in [0.1, 0.15) is 50.3 Å². The number of amides is 1. The smallest absolute Gasteiger partial charge is 0.258 e. The molecule has 0 atom stereocenters. The number of aromatic nitrogens is 2. The van der Waals surface area contributed by atoms with Gasteiger partial charge in [-0.1, -0.05) is 13.3 Å². The number of nitrogens with one attached hydrogen (secondary N) is 1. The van der Waals surface area contributed by atoms with Crippen molar-refractivity contribution in [2.24, 2.45) is 0 Å². The summed E-state index contributed by atoms with van der Waals surface area (Å²) < 4.78 is 5.65. The Kier molecular flexibility index (Phi) is 6.62. The second-order valence-electron chi connectivity index (χ2n) is 6.08. The molecular weight excluding hydrogens is 292 g/mol. The molecule has 6 heteroatoms. The van der Waals surface area contributed by atoms with Gasteiger partial charge in [0, 0.05) is 30.9 Å². The molecule has 128 valence electrons. The fourth-order valence-electron chi connectivity index (χ4n) is 2.55. The number of carbonyl (C=O) groups is 1. The number of aryl methyl sites for hydroxylation is 1. The van der Waals surface area contributed by atoms with Gasteiger partial charge in [0.1, 0.15) is 0 Å². The minimum Gasteiger partial charge on any atom is -0.467 e. The Labute approximate surface area is 138 Å². The van der Waals surface area contributed by atoms with Crippen LogP contribution in [-0.2, 0) is 4.79 Å². The highest BCUT2D eigenvalue weighted by Crippen LogP contribution is 2.23. The van der Waals surface area contributed by atoms with Crippen LogP contribution in [0.5, 0.6) is 5.88 Å². The van der Waals surface area contributed by atoms with Gasteiger partial charge in [0.05, 0.1) is 0 Å². The Balaban J connectivity index is 1.99. The lowest BCUT2D eigenvalue weighted by atomic mass is 10.1. The predicted octanol–water partition coefficient (Wildman–Crippen LogP) is 2.38. The van der Waals surface area contributed by atoms with Gasteiger partial charge in [-0.05, 0) is 39.5 Å². The molecule has 1 aliphatic heterocycles. The number of carbonyl (C=O) groups excluding carboxylic acids is 1. The van der Waals surface area contributed by atoms with E-state index in [9.17, 15) is 4.79 Å². The Morgan fingerprint density at radius 2 is 1.96 bits per heavy atom. The first-order chi connectivity index (χ1) is 11.1. The van der Waals surface area contributed by atoms with E-state index in [1.54, 1.807) is 0 Å². The van der Waals surface area contributed by atoms with Crippen LogP contribution in [0.4, 0.5) is 5.95 Å². The van der Waals surface area contributed by atoms with E-state index in [0.29, 0.717) is 18.4 Å². The third-order valence-electron chi connectivity index (χ3n) is 4.16. The average molecular weight is 320 g/mol. The first-order valence-corrected chi connectivity index (χ1v) is 8.61.